The summed E-state index contributed by atoms with van der Waals surface area (Å²) in [7, 11) is 3.12. The number of non-ortho nitro benzene ring substituents is 1. The lowest BCUT2D eigenvalue weighted by Crippen LogP contribution is -2.39. The number of amides is 1. The zero-order valence-corrected chi connectivity index (χ0v) is 16.1. The summed E-state index contributed by atoms with van der Waals surface area (Å²) in [6.07, 6.45) is 0. The molecule has 0 aromatic heterocycles. The number of alkyl halides is 2. The molecule has 156 valence electrons. The minimum Gasteiger partial charge on any atom is -0.495 e. The molecule has 8 nitrogen and oxygen atoms in total. The molecule has 2 rings (SSSR count). The number of hydrogen-bond acceptors (Lipinski definition) is 6. The molecule has 0 aliphatic carbocycles. The van der Waals surface area contributed by atoms with Crippen molar-refractivity contribution in [1.29, 1.82) is 0 Å². The van der Waals surface area contributed by atoms with Crippen LogP contribution in [0.2, 0.25) is 0 Å². The van der Waals surface area contributed by atoms with E-state index in [0.717, 1.165) is 5.56 Å². The van der Waals surface area contributed by atoms with Gasteiger partial charge in [-0.15, -0.1) is 0 Å². The number of benzene rings is 2. The summed E-state index contributed by atoms with van der Waals surface area (Å²) in [6.45, 7) is -0.846. The van der Waals surface area contributed by atoms with E-state index in [4.69, 9.17) is 4.74 Å². The van der Waals surface area contributed by atoms with E-state index >= 15 is 0 Å². The highest BCUT2D eigenvalue weighted by molar-refractivity contribution is 5.96. The van der Waals surface area contributed by atoms with Crippen LogP contribution >= 0.6 is 0 Å². The third kappa shape index (κ3) is 6.11. The molecule has 2 aromatic rings. The van der Waals surface area contributed by atoms with Crippen LogP contribution in [0.5, 0.6) is 11.5 Å². The number of nitrogens with one attached hydrogen (secondary N) is 1. The maximum absolute atomic E-state index is 12.6. The quantitative estimate of drug-likeness (QED) is 0.502. The maximum Gasteiger partial charge on any atom is 0.387 e. The first-order chi connectivity index (χ1) is 13.7. The number of carbonyl (C=O) groups excluding carboxylic acids is 1. The first kappa shape index (κ1) is 22.0. The van der Waals surface area contributed by atoms with Crippen LogP contribution in [-0.4, -0.2) is 42.5 Å². The van der Waals surface area contributed by atoms with Gasteiger partial charge in [-0.2, -0.15) is 8.78 Å². The van der Waals surface area contributed by atoms with E-state index in [0.29, 0.717) is 12.3 Å². The van der Waals surface area contributed by atoms with Crippen molar-refractivity contribution in [3.05, 3.63) is 58.1 Å². The Balaban J connectivity index is 2.04. The summed E-state index contributed by atoms with van der Waals surface area (Å²) in [5, 5.41) is 13.6. The normalized spacial score (nSPS) is 12.0. The number of ether oxygens (including phenoxy) is 2. The molecule has 0 saturated heterocycles. The lowest BCUT2D eigenvalue weighted by Gasteiger charge is -2.24. The fraction of sp³-hybridized carbons (Fsp3) is 0.316. The Morgan fingerprint density at radius 1 is 1.24 bits per heavy atom. The third-order valence-corrected chi connectivity index (χ3v) is 4.27. The molecule has 0 radical (unpaired) electrons. The van der Waals surface area contributed by atoms with Gasteiger partial charge < -0.3 is 14.8 Å². The number of nitro groups is 1. The summed E-state index contributed by atoms with van der Waals surface area (Å²) >= 11 is 0. The molecule has 1 amide bonds. The lowest BCUT2D eigenvalue weighted by atomic mass is 10.1. The first-order valence-electron chi connectivity index (χ1n) is 8.58. The Morgan fingerprint density at radius 2 is 1.90 bits per heavy atom. The molecule has 0 saturated carbocycles. The van der Waals surface area contributed by atoms with E-state index in [1.807, 2.05) is 0 Å². The smallest absolute Gasteiger partial charge is 0.387 e. The van der Waals surface area contributed by atoms with Gasteiger partial charge in [0.1, 0.15) is 11.5 Å². The molecule has 2 aromatic carbocycles. The highest BCUT2D eigenvalue weighted by Gasteiger charge is 2.21. The summed E-state index contributed by atoms with van der Waals surface area (Å²) in [4.78, 5) is 24.7. The number of nitro benzene ring substituents is 1. The van der Waals surface area contributed by atoms with Crippen LogP contribution in [0.15, 0.2) is 42.5 Å². The van der Waals surface area contributed by atoms with Gasteiger partial charge in [0.2, 0.25) is 5.91 Å². The standard InChI is InChI=1S/C19H21F2N3O5/c1-12(23(2)11-13-4-7-15(8-5-13)29-19(20)21)18(25)22-16-10-14(24(26)27)6-9-17(16)28-3/h4-10,12,19H,11H2,1-3H3,(H,22,25)/t12-/m1/s1. The van der Waals surface area contributed by atoms with Crippen molar-refractivity contribution in [2.24, 2.45) is 0 Å². The van der Waals surface area contributed by atoms with Gasteiger partial charge in [0.25, 0.3) is 5.69 Å². The van der Waals surface area contributed by atoms with Crippen LogP contribution in [0.25, 0.3) is 0 Å². The first-order valence-corrected chi connectivity index (χ1v) is 8.58. The molecular formula is C19H21F2N3O5. The fourth-order valence-corrected chi connectivity index (χ4v) is 2.55. The summed E-state index contributed by atoms with van der Waals surface area (Å²) in [5.41, 5.74) is 0.815. The predicted molar refractivity (Wildman–Crippen MR) is 102 cm³/mol. The van der Waals surface area contributed by atoms with Crippen LogP contribution in [0.1, 0.15) is 12.5 Å². The second-order valence-electron chi connectivity index (χ2n) is 6.24. The second-order valence-corrected chi connectivity index (χ2v) is 6.24. The number of carbonyl (C=O) groups is 1. The van der Waals surface area contributed by atoms with Gasteiger partial charge in [-0.25, -0.2) is 0 Å². The van der Waals surface area contributed by atoms with Crippen LogP contribution in [0.3, 0.4) is 0 Å². The van der Waals surface area contributed by atoms with Gasteiger partial charge in [-0.1, -0.05) is 12.1 Å². The zero-order valence-electron chi connectivity index (χ0n) is 16.1. The average Bonchev–Trinajstić information content (AvgIpc) is 2.68. The molecule has 1 atom stereocenters. The maximum atomic E-state index is 12.6. The predicted octanol–water partition coefficient (Wildman–Crippen LogP) is 3.66. The number of hydrogen-bond donors (Lipinski definition) is 1. The van der Waals surface area contributed by atoms with Gasteiger partial charge in [-0.3, -0.25) is 19.8 Å². The van der Waals surface area contributed by atoms with Gasteiger partial charge >= 0.3 is 6.61 Å². The molecule has 10 heteroatoms. The molecule has 0 aliphatic rings. The Kier molecular flexibility index (Phi) is 7.43. The van der Waals surface area contributed by atoms with Gasteiger partial charge in [0, 0.05) is 18.7 Å². The van der Waals surface area contributed by atoms with Gasteiger partial charge in [-0.05, 0) is 37.7 Å². The monoisotopic (exact) mass is 409 g/mol. The number of anilines is 1. The van der Waals surface area contributed by atoms with E-state index < -0.39 is 17.6 Å². The van der Waals surface area contributed by atoms with E-state index in [9.17, 15) is 23.7 Å². The Hall–Kier alpha value is -3.27. The third-order valence-electron chi connectivity index (χ3n) is 4.27. The number of rotatable bonds is 9. The minimum atomic E-state index is -2.89. The van der Waals surface area contributed by atoms with E-state index in [1.54, 1.807) is 31.0 Å². The number of nitrogens with zero attached hydrogens (tertiary/aromatic N) is 2. The SMILES string of the molecule is COc1ccc([N+](=O)[O-])cc1NC(=O)[C@@H](C)N(C)Cc1ccc(OC(F)F)cc1. The largest absolute Gasteiger partial charge is 0.495 e. The highest BCUT2D eigenvalue weighted by Crippen LogP contribution is 2.29. The van der Waals surface area contributed by atoms with Crippen molar-refractivity contribution in [3.63, 3.8) is 0 Å². The van der Waals surface area contributed by atoms with E-state index in [-0.39, 0.29) is 23.0 Å². The van der Waals surface area contributed by atoms with Crippen molar-refractivity contribution in [2.75, 3.05) is 19.5 Å². The highest BCUT2D eigenvalue weighted by atomic mass is 19.3. The molecular weight excluding hydrogens is 388 g/mol. The lowest BCUT2D eigenvalue weighted by molar-refractivity contribution is -0.384. The number of likely N-dealkylation sites (N-methyl/N-ethyl adjacent to an activating group) is 1. The zero-order chi connectivity index (χ0) is 21.6. The fourth-order valence-electron chi connectivity index (χ4n) is 2.55. The average molecular weight is 409 g/mol. The molecule has 0 heterocycles. The van der Waals surface area contributed by atoms with E-state index in [1.165, 1.54) is 37.4 Å². The topological polar surface area (TPSA) is 93.9 Å². The van der Waals surface area contributed by atoms with Crippen molar-refractivity contribution < 1.29 is 28.0 Å². The molecule has 0 spiro atoms. The number of halogens is 2. The Morgan fingerprint density at radius 3 is 2.45 bits per heavy atom. The van der Waals surface area contributed by atoms with Crippen LogP contribution in [0, 0.1) is 10.1 Å². The van der Waals surface area contributed by atoms with Crippen molar-refractivity contribution in [2.45, 2.75) is 26.1 Å². The van der Waals surface area contributed by atoms with Crippen LogP contribution < -0.4 is 14.8 Å². The molecule has 0 fully saturated rings. The minimum absolute atomic E-state index is 0.0509. The molecule has 0 aliphatic heterocycles. The van der Waals surface area contributed by atoms with E-state index in [2.05, 4.69) is 10.1 Å². The molecule has 0 bridgehead atoms. The summed E-state index contributed by atoms with van der Waals surface area (Å²) in [5.74, 6) is -0.0349. The van der Waals surface area contributed by atoms with Gasteiger partial charge in [0.15, 0.2) is 0 Å². The second kappa shape index (κ2) is 9.78. The Labute approximate surface area is 166 Å². The molecule has 1 N–H and O–H groups in total. The van der Waals surface area contributed by atoms with Crippen molar-refractivity contribution >= 4 is 17.3 Å². The Bertz CT molecular complexity index is 861. The number of methoxy groups -OCH3 is 1. The van der Waals surface area contributed by atoms with Crippen LogP contribution in [-0.2, 0) is 11.3 Å². The van der Waals surface area contributed by atoms with Gasteiger partial charge in [0.05, 0.1) is 23.8 Å². The van der Waals surface area contributed by atoms with Crippen molar-refractivity contribution in [3.8, 4) is 11.5 Å². The summed E-state index contributed by atoms with van der Waals surface area (Å²) in [6, 6.07) is 9.44. The summed E-state index contributed by atoms with van der Waals surface area (Å²) < 4.78 is 33.9. The van der Waals surface area contributed by atoms with Crippen LogP contribution in [0.4, 0.5) is 20.2 Å². The molecule has 29 heavy (non-hydrogen) atoms. The molecule has 0 unspecified atom stereocenters. The van der Waals surface area contributed by atoms with Crippen molar-refractivity contribution in [1.82, 2.24) is 4.90 Å².